The lowest BCUT2D eigenvalue weighted by Gasteiger charge is -2.30. The zero-order valence-electron chi connectivity index (χ0n) is 6.81. The second kappa shape index (κ2) is 3.83. The van der Waals surface area contributed by atoms with Crippen LogP contribution in [-0.4, -0.2) is 13.9 Å². The van der Waals surface area contributed by atoms with Crippen molar-refractivity contribution in [3.63, 3.8) is 0 Å². The van der Waals surface area contributed by atoms with Crippen LogP contribution in [0.2, 0.25) is 5.82 Å². The molecule has 1 aliphatic rings. The van der Waals surface area contributed by atoms with Gasteiger partial charge in [0.2, 0.25) is 0 Å². The molecular formula is C8H7BClN3. The average molecular weight is 191 g/mol. The largest absolute Gasteiger partial charge is 0.324 e. The van der Waals surface area contributed by atoms with Gasteiger partial charge in [-0.05, 0) is 11.9 Å². The third kappa shape index (κ3) is 1.70. The standard InChI is InChI=1S/C8H7BClN3/c9-7-5(3-12)4(2-11)1-6(10)8(7)13/h1,4-5,7-8H,13H2. The van der Waals surface area contributed by atoms with Gasteiger partial charge in [0.15, 0.2) is 0 Å². The van der Waals surface area contributed by atoms with Crippen molar-refractivity contribution in [1.82, 2.24) is 0 Å². The van der Waals surface area contributed by atoms with Crippen LogP contribution in [0.4, 0.5) is 0 Å². The van der Waals surface area contributed by atoms with Crippen LogP contribution in [0.25, 0.3) is 0 Å². The molecule has 0 heterocycles. The number of allylic oxidation sites excluding steroid dienone is 1. The SMILES string of the molecule is [B]C1C(N)C(Cl)=CC(C#N)C1C#N. The molecule has 0 bridgehead atoms. The zero-order chi connectivity index (χ0) is 10.0. The van der Waals surface area contributed by atoms with Gasteiger partial charge in [0.05, 0.1) is 31.8 Å². The summed E-state index contributed by atoms with van der Waals surface area (Å²) in [7, 11) is 5.67. The fourth-order valence-electron chi connectivity index (χ4n) is 1.32. The van der Waals surface area contributed by atoms with E-state index in [1.807, 2.05) is 12.1 Å². The molecule has 0 saturated carbocycles. The van der Waals surface area contributed by atoms with Crippen LogP contribution in [-0.2, 0) is 0 Å². The smallest absolute Gasteiger partial charge is 0.0812 e. The van der Waals surface area contributed by atoms with Crippen molar-refractivity contribution in [3.05, 3.63) is 11.1 Å². The van der Waals surface area contributed by atoms with Crippen LogP contribution < -0.4 is 5.73 Å². The molecule has 4 atom stereocenters. The number of nitrogens with zero attached hydrogens (tertiary/aromatic N) is 2. The molecule has 0 aliphatic heterocycles. The number of halogens is 1. The molecule has 0 aromatic carbocycles. The molecule has 4 unspecified atom stereocenters. The molecule has 0 spiro atoms. The summed E-state index contributed by atoms with van der Waals surface area (Å²) in [5.74, 6) is -1.68. The van der Waals surface area contributed by atoms with Crippen molar-refractivity contribution < 1.29 is 0 Å². The Bertz CT molecular complexity index is 314. The zero-order valence-corrected chi connectivity index (χ0v) is 7.57. The summed E-state index contributed by atoms with van der Waals surface area (Å²) in [5.41, 5.74) is 5.62. The maximum absolute atomic E-state index is 8.76. The minimum atomic E-state index is -0.567. The average Bonchev–Trinajstić information content (AvgIpc) is 2.13. The van der Waals surface area contributed by atoms with Gasteiger partial charge in [-0.1, -0.05) is 11.6 Å². The molecule has 2 N–H and O–H groups in total. The summed E-state index contributed by atoms with van der Waals surface area (Å²) < 4.78 is 0. The van der Waals surface area contributed by atoms with Gasteiger partial charge in [-0.25, -0.2) is 0 Å². The molecule has 0 saturated heterocycles. The highest BCUT2D eigenvalue weighted by Gasteiger charge is 2.34. The van der Waals surface area contributed by atoms with Gasteiger partial charge in [-0.15, -0.1) is 0 Å². The normalized spacial score (nSPS) is 38.6. The highest BCUT2D eigenvalue weighted by Crippen LogP contribution is 2.36. The van der Waals surface area contributed by atoms with Crippen molar-refractivity contribution >= 4 is 19.4 Å². The van der Waals surface area contributed by atoms with E-state index in [1.165, 1.54) is 6.08 Å². The Kier molecular flexibility index (Phi) is 2.98. The first-order valence-electron chi connectivity index (χ1n) is 3.79. The van der Waals surface area contributed by atoms with Gasteiger partial charge in [-0.2, -0.15) is 10.5 Å². The van der Waals surface area contributed by atoms with E-state index in [4.69, 9.17) is 35.7 Å². The monoisotopic (exact) mass is 191 g/mol. The van der Waals surface area contributed by atoms with Crippen LogP contribution in [0.5, 0.6) is 0 Å². The van der Waals surface area contributed by atoms with Gasteiger partial charge in [0.1, 0.15) is 0 Å². The fourth-order valence-corrected chi connectivity index (χ4v) is 1.60. The molecule has 1 aliphatic carbocycles. The van der Waals surface area contributed by atoms with Crippen molar-refractivity contribution in [2.45, 2.75) is 11.9 Å². The highest BCUT2D eigenvalue weighted by molar-refractivity contribution is 6.31. The first-order valence-corrected chi connectivity index (χ1v) is 4.17. The summed E-state index contributed by atoms with van der Waals surface area (Å²) in [4.78, 5) is 0. The second-order valence-electron chi connectivity index (χ2n) is 2.96. The second-order valence-corrected chi connectivity index (χ2v) is 3.40. The molecule has 0 aromatic rings. The van der Waals surface area contributed by atoms with E-state index in [2.05, 4.69) is 0 Å². The van der Waals surface area contributed by atoms with Crippen molar-refractivity contribution in [2.24, 2.45) is 17.6 Å². The van der Waals surface area contributed by atoms with Gasteiger partial charge in [-0.3, -0.25) is 0 Å². The Hall–Kier alpha value is -0.965. The number of hydrogen-bond acceptors (Lipinski definition) is 3. The number of hydrogen-bond donors (Lipinski definition) is 1. The molecule has 1 rings (SSSR count). The van der Waals surface area contributed by atoms with E-state index in [1.54, 1.807) is 0 Å². The predicted octanol–water partition coefficient (Wildman–Crippen LogP) is 0.687. The summed E-state index contributed by atoms with van der Waals surface area (Å²) >= 11 is 5.75. The van der Waals surface area contributed by atoms with E-state index < -0.39 is 23.7 Å². The lowest BCUT2D eigenvalue weighted by Crippen LogP contribution is -2.37. The van der Waals surface area contributed by atoms with Gasteiger partial charge in [0.25, 0.3) is 0 Å². The van der Waals surface area contributed by atoms with E-state index >= 15 is 0 Å². The molecule has 0 amide bonds. The highest BCUT2D eigenvalue weighted by atomic mass is 35.5. The molecule has 3 nitrogen and oxygen atoms in total. The minimum Gasteiger partial charge on any atom is -0.324 e. The maximum Gasteiger partial charge on any atom is 0.0812 e. The Morgan fingerprint density at radius 3 is 2.54 bits per heavy atom. The lowest BCUT2D eigenvalue weighted by atomic mass is 9.65. The molecule has 64 valence electrons. The Morgan fingerprint density at radius 1 is 1.46 bits per heavy atom. The molecular weight excluding hydrogens is 184 g/mol. The fraction of sp³-hybridized carbons (Fsp3) is 0.500. The van der Waals surface area contributed by atoms with E-state index in [9.17, 15) is 0 Å². The lowest BCUT2D eigenvalue weighted by molar-refractivity contribution is 0.474. The van der Waals surface area contributed by atoms with Crippen LogP contribution in [0.3, 0.4) is 0 Å². The van der Waals surface area contributed by atoms with Crippen molar-refractivity contribution in [2.75, 3.05) is 0 Å². The van der Waals surface area contributed by atoms with Crippen molar-refractivity contribution in [3.8, 4) is 12.1 Å². The Morgan fingerprint density at radius 2 is 2.08 bits per heavy atom. The number of nitriles is 2. The van der Waals surface area contributed by atoms with Crippen LogP contribution >= 0.6 is 11.6 Å². The Labute approximate surface area is 83.2 Å². The van der Waals surface area contributed by atoms with Gasteiger partial charge >= 0.3 is 0 Å². The molecule has 0 aromatic heterocycles. The first kappa shape index (κ1) is 10.1. The molecule has 0 fully saturated rings. The van der Waals surface area contributed by atoms with Crippen LogP contribution in [0.1, 0.15) is 0 Å². The van der Waals surface area contributed by atoms with Gasteiger partial charge in [0, 0.05) is 11.1 Å². The van der Waals surface area contributed by atoms with Crippen LogP contribution in [0, 0.1) is 34.5 Å². The maximum atomic E-state index is 8.76. The van der Waals surface area contributed by atoms with E-state index in [0.29, 0.717) is 5.03 Å². The summed E-state index contributed by atoms with van der Waals surface area (Å²) in [6, 6.07) is 3.41. The summed E-state index contributed by atoms with van der Waals surface area (Å²) in [5, 5.41) is 17.8. The van der Waals surface area contributed by atoms with Crippen molar-refractivity contribution in [1.29, 1.82) is 10.5 Å². The molecule has 13 heavy (non-hydrogen) atoms. The quantitative estimate of drug-likeness (QED) is 0.572. The number of nitrogens with two attached hydrogens (primary N) is 1. The summed E-state index contributed by atoms with van der Waals surface area (Å²) in [6.07, 6.45) is 1.50. The van der Waals surface area contributed by atoms with Gasteiger partial charge < -0.3 is 5.73 Å². The third-order valence-corrected chi connectivity index (χ3v) is 2.55. The van der Waals surface area contributed by atoms with E-state index in [0.717, 1.165) is 0 Å². The third-order valence-electron chi connectivity index (χ3n) is 2.17. The topological polar surface area (TPSA) is 73.6 Å². The Balaban J connectivity index is 3.03. The van der Waals surface area contributed by atoms with Crippen LogP contribution in [0.15, 0.2) is 11.1 Å². The summed E-state index contributed by atoms with van der Waals surface area (Å²) in [6.45, 7) is 0. The number of rotatable bonds is 0. The first-order chi connectivity index (χ1) is 6.11. The molecule has 2 radical (unpaired) electrons. The minimum absolute atomic E-state index is 0.366. The van der Waals surface area contributed by atoms with E-state index in [-0.39, 0.29) is 0 Å². The predicted molar refractivity (Wildman–Crippen MR) is 49.6 cm³/mol. The molecule has 5 heteroatoms.